The SMILES string of the molecule is C=C(Cc1ccccc1CC)OC. The average Bonchev–Trinajstić information content (AvgIpc) is 2.18. The minimum atomic E-state index is 0.820. The van der Waals surface area contributed by atoms with Gasteiger partial charge >= 0.3 is 0 Å². The molecule has 0 radical (unpaired) electrons. The summed E-state index contributed by atoms with van der Waals surface area (Å²) in [6.45, 7) is 5.98. The summed E-state index contributed by atoms with van der Waals surface area (Å²) in [6, 6.07) is 8.40. The van der Waals surface area contributed by atoms with Crippen molar-refractivity contribution in [1.82, 2.24) is 0 Å². The molecule has 0 unspecified atom stereocenters. The first-order chi connectivity index (χ1) is 6.27. The zero-order chi connectivity index (χ0) is 9.68. The predicted molar refractivity (Wildman–Crippen MR) is 55.7 cm³/mol. The van der Waals surface area contributed by atoms with E-state index in [1.165, 1.54) is 11.1 Å². The number of ether oxygens (including phenoxy) is 1. The Kier molecular flexibility index (Phi) is 3.56. The summed E-state index contributed by atoms with van der Waals surface area (Å²) in [6.07, 6.45) is 1.88. The van der Waals surface area contributed by atoms with Gasteiger partial charge in [0.2, 0.25) is 0 Å². The van der Waals surface area contributed by atoms with Crippen LogP contribution in [0.2, 0.25) is 0 Å². The molecule has 70 valence electrons. The topological polar surface area (TPSA) is 9.23 Å². The molecule has 0 aliphatic carbocycles. The van der Waals surface area contributed by atoms with Gasteiger partial charge in [-0.15, -0.1) is 0 Å². The lowest BCUT2D eigenvalue weighted by Crippen LogP contribution is -1.95. The molecule has 0 spiro atoms. The van der Waals surface area contributed by atoms with E-state index in [4.69, 9.17) is 4.74 Å². The first kappa shape index (κ1) is 9.85. The maximum absolute atomic E-state index is 5.06. The second-order valence-electron chi connectivity index (χ2n) is 3.04. The van der Waals surface area contributed by atoms with Gasteiger partial charge in [-0.2, -0.15) is 0 Å². The fourth-order valence-electron chi connectivity index (χ4n) is 1.36. The van der Waals surface area contributed by atoms with Crippen molar-refractivity contribution < 1.29 is 4.74 Å². The van der Waals surface area contributed by atoms with Crippen molar-refractivity contribution in [2.75, 3.05) is 7.11 Å². The lowest BCUT2D eigenvalue weighted by atomic mass is 10.0. The first-order valence-corrected chi connectivity index (χ1v) is 4.56. The van der Waals surface area contributed by atoms with E-state index in [1.54, 1.807) is 7.11 Å². The lowest BCUT2D eigenvalue weighted by Gasteiger charge is -2.08. The second-order valence-corrected chi connectivity index (χ2v) is 3.04. The lowest BCUT2D eigenvalue weighted by molar-refractivity contribution is 0.285. The molecule has 0 aromatic heterocycles. The molecule has 0 amide bonds. The Morgan fingerprint density at radius 2 is 1.92 bits per heavy atom. The zero-order valence-electron chi connectivity index (χ0n) is 8.34. The van der Waals surface area contributed by atoms with Gasteiger partial charge in [-0.3, -0.25) is 0 Å². The third-order valence-electron chi connectivity index (χ3n) is 2.18. The van der Waals surface area contributed by atoms with Gasteiger partial charge in [0.1, 0.15) is 0 Å². The molecule has 0 N–H and O–H groups in total. The van der Waals surface area contributed by atoms with E-state index in [2.05, 4.69) is 37.8 Å². The van der Waals surface area contributed by atoms with Gasteiger partial charge in [0, 0.05) is 6.42 Å². The number of benzene rings is 1. The Balaban J connectivity index is 2.81. The molecule has 1 heteroatoms. The number of rotatable bonds is 4. The van der Waals surface area contributed by atoms with Crippen LogP contribution in [-0.2, 0) is 17.6 Å². The highest BCUT2D eigenvalue weighted by Crippen LogP contribution is 2.13. The minimum absolute atomic E-state index is 0.820. The van der Waals surface area contributed by atoms with Crippen molar-refractivity contribution in [1.29, 1.82) is 0 Å². The molecule has 1 aromatic rings. The molecule has 1 rings (SSSR count). The molecular weight excluding hydrogens is 160 g/mol. The van der Waals surface area contributed by atoms with E-state index in [0.29, 0.717) is 0 Å². The number of hydrogen-bond donors (Lipinski definition) is 0. The standard InChI is InChI=1S/C12H16O/c1-4-11-7-5-6-8-12(11)9-10(2)13-3/h5-8H,2,4,9H2,1,3H3. The molecule has 0 bridgehead atoms. The smallest absolute Gasteiger partial charge is 0.0927 e. The molecular formula is C12H16O. The van der Waals surface area contributed by atoms with Crippen LogP contribution in [0, 0.1) is 0 Å². The molecule has 0 fully saturated rings. The Morgan fingerprint density at radius 1 is 1.31 bits per heavy atom. The minimum Gasteiger partial charge on any atom is -0.501 e. The first-order valence-electron chi connectivity index (χ1n) is 4.56. The van der Waals surface area contributed by atoms with Crippen LogP contribution in [0.25, 0.3) is 0 Å². The fraction of sp³-hybridized carbons (Fsp3) is 0.333. The van der Waals surface area contributed by atoms with E-state index in [0.717, 1.165) is 18.6 Å². The molecule has 0 aliphatic heterocycles. The van der Waals surface area contributed by atoms with Crippen molar-refractivity contribution in [3.8, 4) is 0 Å². The Morgan fingerprint density at radius 3 is 2.46 bits per heavy atom. The van der Waals surface area contributed by atoms with Crippen LogP contribution in [0.4, 0.5) is 0 Å². The van der Waals surface area contributed by atoms with Gasteiger partial charge in [0.15, 0.2) is 0 Å². The highest BCUT2D eigenvalue weighted by Gasteiger charge is 2.01. The van der Waals surface area contributed by atoms with Crippen LogP contribution in [0.15, 0.2) is 36.6 Å². The Bertz CT molecular complexity index is 289. The average molecular weight is 176 g/mol. The second kappa shape index (κ2) is 4.70. The van der Waals surface area contributed by atoms with Gasteiger partial charge in [-0.1, -0.05) is 37.8 Å². The quantitative estimate of drug-likeness (QED) is 0.641. The van der Waals surface area contributed by atoms with Gasteiger partial charge in [0.05, 0.1) is 12.9 Å². The summed E-state index contributed by atoms with van der Waals surface area (Å²) in [5.41, 5.74) is 2.69. The van der Waals surface area contributed by atoms with Gasteiger partial charge in [-0.05, 0) is 17.5 Å². The molecule has 0 heterocycles. The van der Waals surface area contributed by atoms with Crippen molar-refractivity contribution in [2.24, 2.45) is 0 Å². The maximum atomic E-state index is 5.06. The number of allylic oxidation sites excluding steroid dienone is 1. The molecule has 1 aromatic carbocycles. The summed E-state index contributed by atoms with van der Waals surface area (Å²) < 4.78 is 5.06. The third-order valence-corrected chi connectivity index (χ3v) is 2.18. The van der Waals surface area contributed by atoms with Crippen molar-refractivity contribution in [2.45, 2.75) is 19.8 Å². The summed E-state index contributed by atoms with van der Waals surface area (Å²) in [5, 5.41) is 0. The van der Waals surface area contributed by atoms with Crippen LogP contribution in [0.3, 0.4) is 0 Å². The zero-order valence-corrected chi connectivity index (χ0v) is 8.34. The maximum Gasteiger partial charge on any atom is 0.0927 e. The van der Waals surface area contributed by atoms with E-state index in [9.17, 15) is 0 Å². The van der Waals surface area contributed by atoms with Gasteiger partial charge in [0.25, 0.3) is 0 Å². The normalized spacial score (nSPS) is 9.69. The van der Waals surface area contributed by atoms with Crippen molar-refractivity contribution in [3.05, 3.63) is 47.7 Å². The van der Waals surface area contributed by atoms with Crippen LogP contribution in [-0.4, -0.2) is 7.11 Å². The Hall–Kier alpha value is -1.24. The summed E-state index contributed by atoms with van der Waals surface area (Å²) >= 11 is 0. The molecule has 0 atom stereocenters. The number of methoxy groups -OCH3 is 1. The molecule has 0 saturated heterocycles. The third kappa shape index (κ3) is 2.62. The predicted octanol–water partition coefficient (Wildman–Crippen LogP) is 2.95. The van der Waals surface area contributed by atoms with E-state index in [-0.39, 0.29) is 0 Å². The largest absolute Gasteiger partial charge is 0.501 e. The fourth-order valence-corrected chi connectivity index (χ4v) is 1.36. The van der Waals surface area contributed by atoms with Crippen molar-refractivity contribution >= 4 is 0 Å². The molecule has 13 heavy (non-hydrogen) atoms. The Labute approximate surface area is 80.0 Å². The molecule has 0 saturated carbocycles. The van der Waals surface area contributed by atoms with Crippen LogP contribution in [0.1, 0.15) is 18.1 Å². The van der Waals surface area contributed by atoms with Crippen LogP contribution >= 0.6 is 0 Å². The van der Waals surface area contributed by atoms with Crippen molar-refractivity contribution in [3.63, 3.8) is 0 Å². The summed E-state index contributed by atoms with van der Waals surface area (Å²) in [4.78, 5) is 0. The van der Waals surface area contributed by atoms with Gasteiger partial charge < -0.3 is 4.74 Å². The number of hydrogen-bond acceptors (Lipinski definition) is 1. The van der Waals surface area contributed by atoms with E-state index in [1.807, 2.05) is 0 Å². The van der Waals surface area contributed by atoms with Gasteiger partial charge in [-0.25, -0.2) is 0 Å². The molecule has 1 nitrogen and oxygen atoms in total. The highest BCUT2D eigenvalue weighted by atomic mass is 16.5. The van der Waals surface area contributed by atoms with E-state index < -0.39 is 0 Å². The highest BCUT2D eigenvalue weighted by molar-refractivity contribution is 5.29. The van der Waals surface area contributed by atoms with Crippen LogP contribution < -0.4 is 0 Å². The summed E-state index contributed by atoms with van der Waals surface area (Å²) in [5.74, 6) is 0.820. The monoisotopic (exact) mass is 176 g/mol. The van der Waals surface area contributed by atoms with E-state index >= 15 is 0 Å². The van der Waals surface area contributed by atoms with Crippen LogP contribution in [0.5, 0.6) is 0 Å². The number of aryl methyl sites for hydroxylation is 1. The summed E-state index contributed by atoms with van der Waals surface area (Å²) in [7, 11) is 1.66. The molecule has 0 aliphatic rings.